The number of fused-ring (bicyclic) bond motifs is 7. The molecule has 0 saturated carbocycles. The number of aromatic nitrogens is 3. The number of aromatic amines is 1. The molecule has 8 bridgehead atoms. The molecule has 34 heteroatoms. The standard InChI is InChI=1S/C44H2Br8F20N4.ClH.Fe/c45-9-11(47)39-6(2-19(55)27(63)34(70)28(64)20(2)56)41-13(49)15(51)43(75-41)8(4-23(59)31(67)36(72)32(68)24(4)60)44-16(52)14(50)42(76-44)7(3-21(57)29(65)35(71)30(66)22(3)58)40-12(48)10(46)38(74-40)5(37(9)73-39)1-17(53)25(61)33(69)26(62)18(1)54;;/h5,73H;1H;/q-2;;+3/p-1. The number of hydrogen-bond acceptors (Lipinski definition) is 1. The maximum Gasteiger partial charge on any atom is 3.00 e. The molecule has 0 fully saturated rings. The molecule has 4 nitrogen and oxygen atoms in total. The minimum absolute atomic E-state index is 0. The van der Waals surface area contributed by atoms with Crippen LogP contribution >= 0.6 is 127 Å². The number of hydrogen-bond donors (Lipinski definition) is 1. The Bertz CT molecular complexity index is 4020. The van der Waals surface area contributed by atoms with E-state index < -0.39 is 242 Å². The third-order valence-electron chi connectivity index (χ3n) is 11.3. The zero-order valence-corrected chi connectivity index (χ0v) is 49.8. The van der Waals surface area contributed by atoms with Gasteiger partial charge in [0.2, 0.25) is 23.3 Å². The number of H-pyrrole nitrogens is 1. The molecule has 2 aliphatic heterocycles. The molecular formula is C44H2Br8ClF20FeN4. The van der Waals surface area contributed by atoms with E-state index in [1.807, 2.05) is 0 Å². The summed E-state index contributed by atoms with van der Waals surface area (Å²) >= 11 is 23.8. The summed E-state index contributed by atoms with van der Waals surface area (Å²) in [6, 6.07) is 0. The Hall–Kier alpha value is -3.14. The molecule has 0 spiro atoms. The van der Waals surface area contributed by atoms with Crippen molar-refractivity contribution in [3.63, 3.8) is 0 Å². The zero-order valence-electron chi connectivity index (χ0n) is 35.2. The summed E-state index contributed by atoms with van der Waals surface area (Å²) in [7, 11) is 0. The normalized spacial score (nSPS) is 14.5. The van der Waals surface area contributed by atoms with Crippen LogP contribution in [0.1, 0.15) is 50.9 Å². The van der Waals surface area contributed by atoms with E-state index in [0.29, 0.717) is 0 Å². The first kappa shape index (κ1) is 62.5. The predicted molar refractivity (Wildman–Crippen MR) is 254 cm³/mol. The van der Waals surface area contributed by atoms with E-state index in [0.717, 1.165) is 0 Å². The zero-order chi connectivity index (χ0) is 56.2. The second-order valence-electron chi connectivity index (χ2n) is 15.3. The molecule has 7 aromatic rings. The minimum atomic E-state index is -2.78. The maximum absolute atomic E-state index is 16.4. The van der Waals surface area contributed by atoms with Gasteiger partial charge in [0.15, 0.2) is 93.1 Å². The molecule has 0 amide bonds. The molecule has 1 N–H and O–H groups in total. The average Bonchev–Trinajstić information content (AvgIpc) is 4.06. The van der Waals surface area contributed by atoms with Crippen molar-refractivity contribution in [1.82, 2.24) is 15.0 Å². The number of allylic oxidation sites excluding steroid dienone is 2. The molecule has 2 aliphatic rings. The first-order chi connectivity index (χ1) is 35.4. The molecule has 0 aliphatic carbocycles. The van der Waals surface area contributed by atoms with Crippen LogP contribution < -0.4 is 33.1 Å². The van der Waals surface area contributed by atoms with Crippen molar-refractivity contribution in [1.29, 1.82) is 0 Å². The summed E-state index contributed by atoms with van der Waals surface area (Å²) in [6.45, 7) is 0. The van der Waals surface area contributed by atoms with Gasteiger partial charge in [0, 0.05) is 34.7 Å². The Balaban J connectivity index is 0.00000441. The van der Waals surface area contributed by atoms with Gasteiger partial charge >= 0.3 is 17.1 Å². The molecule has 1 atom stereocenters. The van der Waals surface area contributed by atoms with Gasteiger partial charge in [0.25, 0.3) is 0 Å². The van der Waals surface area contributed by atoms with Crippen LogP contribution in [0.25, 0.3) is 16.7 Å². The Morgan fingerprint density at radius 2 is 0.667 bits per heavy atom. The third kappa shape index (κ3) is 8.96. The Morgan fingerprint density at radius 1 is 0.346 bits per heavy atom. The van der Waals surface area contributed by atoms with Gasteiger partial charge < -0.3 is 27.4 Å². The number of halogens is 29. The number of nitrogens with one attached hydrogen (secondary N) is 1. The van der Waals surface area contributed by atoms with E-state index in [9.17, 15) is 17.6 Å². The minimum Gasteiger partial charge on any atom is -1.00 e. The van der Waals surface area contributed by atoms with Gasteiger partial charge in [-0.25, -0.2) is 92.8 Å². The molecular weight excluding hydrogens is 1700 g/mol. The summed E-state index contributed by atoms with van der Waals surface area (Å²) in [6.07, 6.45) is 0. The van der Waals surface area contributed by atoms with E-state index in [1.54, 1.807) is 0 Å². The van der Waals surface area contributed by atoms with Crippen LogP contribution in [-0.4, -0.2) is 10.7 Å². The number of nitrogens with zero attached hydrogens (tertiary/aromatic N) is 3. The molecule has 3 aromatic heterocycles. The van der Waals surface area contributed by atoms with Crippen molar-refractivity contribution in [3.8, 4) is 0 Å². The van der Waals surface area contributed by atoms with Crippen LogP contribution in [-0.2, 0) is 17.1 Å². The quantitative estimate of drug-likeness (QED) is 0.0826. The molecule has 78 heavy (non-hydrogen) atoms. The molecule has 1 radical (unpaired) electrons. The molecule has 5 heterocycles. The SMILES string of the molecule is Fc1c(F)c(F)c(C2=C3N=C(C(Br)=C3Br)C(c3c(F)c(F)c(F)c(F)c3F)c3[nH]c(c(Br)c3Br)C(c3c(F)c(F)c(F)c(F)c3F)=c3[n-]c(c(Br)c3Br)=C(c3c(F)c(F)c(F)c(F)c3F)c3[n-]c2c(Br)c3Br)c(F)c1F.[Cl-].[Fe+3]. The smallest absolute Gasteiger partial charge is 1.00 e. The topological polar surface area (TPSA) is 56.4 Å². The van der Waals surface area contributed by atoms with E-state index in [-0.39, 0.29) is 29.5 Å². The van der Waals surface area contributed by atoms with Gasteiger partial charge in [-0.2, -0.15) is 0 Å². The molecule has 9 rings (SSSR count). The fraction of sp³-hybridized carbons (Fsp3) is 0.0227. The van der Waals surface area contributed by atoms with Gasteiger partial charge in [-0.05, 0) is 74.9 Å². The first-order valence-corrected chi connectivity index (χ1v) is 25.6. The van der Waals surface area contributed by atoms with Gasteiger partial charge in [-0.1, -0.05) is 63.7 Å². The second-order valence-corrected chi connectivity index (χ2v) is 21.6. The summed E-state index contributed by atoms with van der Waals surface area (Å²) in [5, 5.41) is -2.38. The van der Waals surface area contributed by atoms with E-state index in [4.69, 9.17) is 0 Å². The fourth-order valence-electron chi connectivity index (χ4n) is 7.96. The Morgan fingerprint density at radius 3 is 1.06 bits per heavy atom. The molecule has 1 unspecified atom stereocenters. The Labute approximate surface area is 501 Å². The van der Waals surface area contributed by atoms with Crippen molar-refractivity contribution in [3.05, 3.63) is 214 Å². The first-order valence-electron chi connectivity index (χ1n) is 19.2. The Kier molecular flexibility index (Phi) is 17.8. The number of aliphatic imine (C=N–C) groups is 1. The predicted octanol–water partition coefficient (Wildman–Crippen LogP) is 13.1. The van der Waals surface area contributed by atoms with Crippen LogP contribution in [0.15, 0.2) is 46.5 Å². The van der Waals surface area contributed by atoms with Crippen LogP contribution in [0, 0.1) is 116 Å². The van der Waals surface area contributed by atoms with Crippen molar-refractivity contribution >= 4 is 150 Å². The summed E-state index contributed by atoms with van der Waals surface area (Å²) in [4.78, 5) is 14.7. The molecule has 4 aromatic carbocycles. The van der Waals surface area contributed by atoms with Gasteiger partial charge in [0.1, 0.15) is 0 Å². The van der Waals surface area contributed by atoms with Gasteiger partial charge in [-0.15, -0.1) is 22.1 Å². The van der Waals surface area contributed by atoms with E-state index in [2.05, 4.69) is 147 Å². The van der Waals surface area contributed by atoms with E-state index >= 15 is 70.2 Å². The molecule has 409 valence electrons. The fourth-order valence-corrected chi connectivity index (χ4v) is 11.9. The monoisotopic (exact) mass is 1690 g/mol. The average molecular weight is 1700 g/mol. The van der Waals surface area contributed by atoms with Crippen LogP contribution in [0.2, 0.25) is 0 Å². The van der Waals surface area contributed by atoms with Crippen LogP contribution in [0.5, 0.6) is 0 Å². The van der Waals surface area contributed by atoms with Gasteiger partial charge in [0.05, 0.1) is 57.6 Å². The number of benzene rings is 4. The largest absolute Gasteiger partial charge is 3.00 e. The summed E-state index contributed by atoms with van der Waals surface area (Å²) in [5.74, 6) is -56.8. The van der Waals surface area contributed by atoms with Crippen molar-refractivity contribution < 1.29 is 117 Å². The van der Waals surface area contributed by atoms with Crippen molar-refractivity contribution in [2.45, 2.75) is 5.92 Å². The third-order valence-corrected chi connectivity index (χ3v) is 19.7. The van der Waals surface area contributed by atoms with Crippen LogP contribution in [0.3, 0.4) is 0 Å². The maximum atomic E-state index is 16.4. The van der Waals surface area contributed by atoms with Crippen molar-refractivity contribution in [2.24, 2.45) is 4.99 Å². The number of rotatable bonds is 4. The summed E-state index contributed by atoms with van der Waals surface area (Å²) in [5.41, 5.74) is -19.0. The second kappa shape index (κ2) is 22.2. The van der Waals surface area contributed by atoms with Crippen LogP contribution in [0.4, 0.5) is 87.8 Å². The summed E-state index contributed by atoms with van der Waals surface area (Å²) < 4.78 is 306. The van der Waals surface area contributed by atoms with E-state index in [1.165, 1.54) is 0 Å². The van der Waals surface area contributed by atoms with Crippen molar-refractivity contribution in [2.75, 3.05) is 0 Å². The molecule has 0 saturated heterocycles. The van der Waals surface area contributed by atoms with Gasteiger partial charge in [-0.3, -0.25) is 0 Å².